The normalized spacial score (nSPS) is 21.7. The van der Waals surface area contributed by atoms with Gasteiger partial charge in [0, 0.05) is 31.0 Å². The van der Waals surface area contributed by atoms with E-state index in [1.54, 1.807) is 49.3 Å². The maximum absolute atomic E-state index is 12.9. The van der Waals surface area contributed by atoms with E-state index in [2.05, 4.69) is 15.1 Å². The van der Waals surface area contributed by atoms with Gasteiger partial charge >= 0.3 is 0 Å². The number of amides is 1. The summed E-state index contributed by atoms with van der Waals surface area (Å²) < 4.78 is 35.7. The van der Waals surface area contributed by atoms with Crippen molar-refractivity contribution in [3.8, 4) is 11.4 Å². The molecule has 0 saturated carbocycles. The number of likely N-dealkylation sites (tertiary alicyclic amines) is 1. The summed E-state index contributed by atoms with van der Waals surface area (Å²) in [5.74, 6) is 1.24. The molecule has 5 rings (SSSR count). The van der Waals surface area contributed by atoms with Gasteiger partial charge in [-0.25, -0.2) is 8.42 Å². The molecule has 2 saturated heterocycles. The van der Waals surface area contributed by atoms with Crippen LogP contribution in [0, 0.1) is 13.8 Å². The number of rotatable bonds is 3. The lowest BCUT2D eigenvalue weighted by molar-refractivity contribution is 0.0502. The number of hydrogen-bond acceptors (Lipinski definition) is 8. The molecule has 156 valence electrons. The average Bonchev–Trinajstić information content (AvgIpc) is 3.36. The van der Waals surface area contributed by atoms with E-state index in [0.29, 0.717) is 35.2 Å². The lowest BCUT2D eigenvalue weighted by Gasteiger charge is -2.48. The quantitative estimate of drug-likeness (QED) is 0.622. The molecule has 0 aromatic carbocycles. The van der Waals surface area contributed by atoms with Crippen LogP contribution in [0.4, 0.5) is 0 Å². The number of aryl methyl sites for hydroxylation is 2. The number of hydrogen-bond donors (Lipinski definition) is 0. The first-order valence-corrected chi connectivity index (χ1v) is 11.3. The lowest BCUT2D eigenvalue weighted by Crippen LogP contribution is -2.67. The van der Waals surface area contributed by atoms with Crippen molar-refractivity contribution in [2.24, 2.45) is 0 Å². The summed E-state index contributed by atoms with van der Waals surface area (Å²) in [6.45, 7) is 3.71. The monoisotopic (exact) mass is 428 g/mol. The number of nitrogens with zero attached hydrogens (tertiary/aromatic N) is 4. The molecular weight excluding hydrogens is 408 g/mol. The highest BCUT2D eigenvalue weighted by atomic mass is 32.2. The van der Waals surface area contributed by atoms with E-state index in [4.69, 9.17) is 8.94 Å². The van der Waals surface area contributed by atoms with E-state index in [0.717, 1.165) is 5.56 Å². The van der Waals surface area contributed by atoms with Crippen LogP contribution in [0.25, 0.3) is 11.4 Å². The highest BCUT2D eigenvalue weighted by molar-refractivity contribution is 7.93. The summed E-state index contributed by atoms with van der Waals surface area (Å²) in [4.78, 5) is 22.8. The van der Waals surface area contributed by atoms with Crippen LogP contribution in [0.15, 0.2) is 39.5 Å². The van der Waals surface area contributed by atoms with Gasteiger partial charge in [0.1, 0.15) is 16.3 Å². The molecule has 2 aliphatic rings. The van der Waals surface area contributed by atoms with E-state index < -0.39 is 20.5 Å². The highest BCUT2D eigenvalue weighted by Crippen LogP contribution is 2.50. The van der Waals surface area contributed by atoms with Crippen molar-refractivity contribution in [2.45, 2.75) is 30.9 Å². The van der Waals surface area contributed by atoms with Crippen LogP contribution in [-0.2, 0) is 9.84 Å². The second kappa shape index (κ2) is 6.49. The molecule has 10 heteroatoms. The first kappa shape index (κ1) is 19.0. The molecule has 0 aliphatic carbocycles. The largest absolute Gasteiger partial charge is 0.466 e. The van der Waals surface area contributed by atoms with Crippen molar-refractivity contribution in [1.82, 2.24) is 20.0 Å². The Balaban J connectivity index is 1.42. The Morgan fingerprint density at radius 2 is 1.97 bits per heavy atom. The maximum Gasteiger partial charge on any atom is 0.257 e. The Bertz CT molecular complexity index is 1230. The molecule has 3 aromatic rings. The average molecular weight is 428 g/mol. The molecule has 1 spiro atoms. The minimum absolute atomic E-state index is 0.0382. The third-order valence-corrected chi connectivity index (χ3v) is 8.64. The van der Waals surface area contributed by atoms with Crippen LogP contribution < -0.4 is 0 Å². The van der Waals surface area contributed by atoms with Crippen molar-refractivity contribution in [3.63, 3.8) is 0 Å². The van der Waals surface area contributed by atoms with E-state index in [-0.39, 0.29) is 24.7 Å². The van der Waals surface area contributed by atoms with Crippen molar-refractivity contribution in [3.05, 3.63) is 53.6 Å². The second-order valence-corrected chi connectivity index (χ2v) is 10.4. The van der Waals surface area contributed by atoms with E-state index in [1.807, 2.05) is 0 Å². The first-order valence-electron chi connectivity index (χ1n) is 9.63. The molecule has 2 aliphatic heterocycles. The maximum atomic E-state index is 12.9. The predicted molar refractivity (Wildman–Crippen MR) is 105 cm³/mol. The third-order valence-electron chi connectivity index (χ3n) is 6.08. The fourth-order valence-electron chi connectivity index (χ4n) is 4.47. The fourth-order valence-corrected chi connectivity index (χ4v) is 6.78. The molecule has 30 heavy (non-hydrogen) atoms. The Morgan fingerprint density at radius 3 is 2.63 bits per heavy atom. The summed E-state index contributed by atoms with van der Waals surface area (Å²) >= 11 is 0. The first-order chi connectivity index (χ1) is 14.3. The summed E-state index contributed by atoms with van der Waals surface area (Å²) in [6.07, 6.45) is 3.65. The Hall–Kier alpha value is -3.01. The van der Waals surface area contributed by atoms with Gasteiger partial charge in [-0.3, -0.25) is 9.78 Å². The molecule has 1 unspecified atom stereocenters. The Kier molecular flexibility index (Phi) is 4.11. The smallest absolute Gasteiger partial charge is 0.257 e. The zero-order valence-electron chi connectivity index (χ0n) is 16.5. The van der Waals surface area contributed by atoms with Gasteiger partial charge in [-0.2, -0.15) is 4.98 Å². The zero-order chi connectivity index (χ0) is 21.1. The van der Waals surface area contributed by atoms with Gasteiger partial charge in [-0.1, -0.05) is 5.16 Å². The van der Waals surface area contributed by atoms with Crippen LogP contribution in [-0.4, -0.2) is 57.9 Å². The molecule has 3 aromatic heterocycles. The van der Waals surface area contributed by atoms with Gasteiger partial charge in [-0.15, -0.1) is 0 Å². The molecular formula is C20H20N4O5S. The number of pyridine rings is 1. The highest BCUT2D eigenvalue weighted by Gasteiger charge is 2.64. The van der Waals surface area contributed by atoms with Crippen LogP contribution in [0.3, 0.4) is 0 Å². The molecule has 5 heterocycles. The SMILES string of the molecule is Cc1cc(C(=O)N2CC3(C2)C(c2nc(-c4ccncc4)no2)CCS3(=O)=O)c(C)o1. The zero-order valence-corrected chi connectivity index (χ0v) is 17.3. The van der Waals surface area contributed by atoms with Crippen LogP contribution in [0.1, 0.15) is 40.1 Å². The Labute approximate surface area is 173 Å². The van der Waals surface area contributed by atoms with Gasteiger partial charge in [-0.05, 0) is 38.5 Å². The van der Waals surface area contributed by atoms with Crippen LogP contribution in [0.5, 0.6) is 0 Å². The van der Waals surface area contributed by atoms with Gasteiger partial charge in [0.2, 0.25) is 11.7 Å². The van der Waals surface area contributed by atoms with Crippen molar-refractivity contribution >= 4 is 15.7 Å². The molecule has 0 radical (unpaired) electrons. The molecule has 9 nitrogen and oxygen atoms in total. The van der Waals surface area contributed by atoms with Crippen molar-refractivity contribution < 1.29 is 22.2 Å². The standard InChI is InChI=1S/C20H20N4O5S/c1-12-9-15(13(2)28-12)19(25)24-10-20(11-24)16(5-8-30(20,26)27)18-22-17(23-29-18)14-3-6-21-7-4-14/h3-4,6-7,9,16H,5,8,10-11H2,1-2H3. The van der Waals surface area contributed by atoms with Gasteiger partial charge < -0.3 is 13.8 Å². The van der Waals surface area contributed by atoms with Crippen LogP contribution >= 0.6 is 0 Å². The van der Waals surface area contributed by atoms with E-state index >= 15 is 0 Å². The second-order valence-electron chi connectivity index (χ2n) is 7.91. The third kappa shape index (κ3) is 2.70. The van der Waals surface area contributed by atoms with Crippen molar-refractivity contribution in [1.29, 1.82) is 0 Å². The van der Waals surface area contributed by atoms with E-state index in [1.165, 1.54) is 0 Å². The number of carbonyl (C=O) groups excluding carboxylic acids is 1. The molecule has 2 fully saturated rings. The number of furan rings is 1. The van der Waals surface area contributed by atoms with Gasteiger partial charge in [0.25, 0.3) is 5.91 Å². The summed E-state index contributed by atoms with van der Waals surface area (Å²) in [7, 11) is -3.41. The lowest BCUT2D eigenvalue weighted by atomic mass is 9.82. The number of aromatic nitrogens is 3. The van der Waals surface area contributed by atoms with Gasteiger partial charge in [0.15, 0.2) is 9.84 Å². The van der Waals surface area contributed by atoms with Gasteiger partial charge in [0.05, 0.1) is 17.2 Å². The van der Waals surface area contributed by atoms with Crippen molar-refractivity contribution in [2.75, 3.05) is 18.8 Å². The fraction of sp³-hybridized carbons (Fsp3) is 0.400. The molecule has 1 amide bonds. The minimum Gasteiger partial charge on any atom is -0.466 e. The summed E-state index contributed by atoms with van der Waals surface area (Å²) in [5.41, 5.74) is 1.21. The molecule has 1 atom stereocenters. The molecule has 0 bridgehead atoms. The topological polar surface area (TPSA) is 119 Å². The Morgan fingerprint density at radius 1 is 1.23 bits per heavy atom. The number of sulfone groups is 1. The molecule has 0 N–H and O–H groups in total. The minimum atomic E-state index is -3.41. The predicted octanol–water partition coefficient (Wildman–Crippen LogP) is 2.14. The summed E-state index contributed by atoms with van der Waals surface area (Å²) in [5, 5.41) is 4.02. The summed E-state index contributed by atoms with van der Waals surface area (Å²) in [6, 6.07) is 5.20. The van der Waals surface area contributed by atoms with Crippen LogP contribution in [0.2, 0.25) is 0 Å². The number of carbonyl (C=O) groups is 1. The van der Waals surface area contributed by atoms with E-state index in [9.17, 15) is 13.2 Å².